The van der Waals surface area contributed by atoms with Gasteiger partial charge < -0.3 is 10.3 Å². The zero-order valence-electron chi connectivity index (χ0n) is 10.9. The monoisotopic (exact) mass is 273 g/mol. The summed E-state index contributed by atoms with van der Waals surface area (Å²) in [5, 5.41) is 3.87. The molecule has 102 valence electrons. The normalized spacial score (nSPS) is 20.2. The molecule has 2 rings (SSSR count). The second-order valence-corrected chi connectivity index (χ2v) is 8.13. The Kier molecular flexibility index (Phi) is 3.02. The summed E-state index contributed by atoms with van der Waals surface area (Å²) in [6.07, 6.45) is 4.85. The molecule has 0 amide bonds. The molecule has 1 aliphatic rings. The Hall–Kier alpha value is -0.950. The third-order valence-electron chi connectivity index (χ3n) is 3.81. The maximum absolute atomic E-state index is 11.7. The van der Waals surface area contributed by atoms with Crippen LogP contribution in [0.1, 0.15) is 51.2 Å². The molecule has 0 spiro atoms. The number of rotatable bonds is 3. The van der Waals surface area contributed by atoms with Crippen molar-refractivity contribution in [2.75, 3.05) is 6.26 Å². The van der Waals surface area contributed by atoms with Crippen LogP contribution >= 0.6 is 0 Å². The highest BCUT2D eigenvalue weighted by molar-refractivity contribution is 7.91. The highest BCUT2D eigenvalue weighted by atomic mass is 32.2. The van der Waals surface area contributed by atoms with Gasteiger partial charge in [0.15, 0.2) is 15.7 Å². The molecule has 0 aliphatic heterocycles. The van der Waals surface area contributed by atoms with Crippen LogP contribution < -0.4 is 5.73 Å². The maximum Gasteiger partial charge on any atom is 0.247 e. The fourth-order valence-electron chi connectivity index (χ4n) is 2.06. The van der Waals surface area contributed by atoms with Crippen LogP contribution in [-0.4, -0.2) is 24.8 Å². The summed E-state index contributed by atoms with van der Waals surface area (Å²) in [6, 6.07) is 0. The smallest absolute Gasteiger partial charge is 0.247 e. The molecule has 1 heterocycles. The topological polar surface area (TPSA) is 99.1 Å². The van der Waals surface area contributed by atoms with Crippen molar-refractivity contribution in [1.29, 1.82) is 0 Å². The number of nitrogens with zero attached hydrogens (tertiary/aromatic N) is 2. The van der Waals surface area contributed by atoms with Gasteiger partial charge in [-0.05, 0) is 26.7 Å². The van der Waals surface area contributed by atoms with Crippen molar-refractivity contribution in [3.05, 3.63) is 11.7 Å². The molecule has 7 heteroatoms. The Morgan fingerprint density at radius 1 is 1.33 bits per heavy atom. The predicted octanol–water partition coefficient (Wildman–Crippen LogP) is 1.08. The zero-order chi connectivity index (χ0) is 13.6. The van der Waals surface area contributed by atoms with Gasteiger partial charge in [0.25, 0.3) is 0 Å². The number of aromatic nitrogens is 2. The molecular weight excluding hydrogens is 254 g/mol. The highest BCUT2D eigenvalue weighted by Crippen LogP contribution is 2.36. The second-order valence-electron chi connectivity index (χ2n) is 5.57. The number of hydrogen-bond acceptors (Lipinski definition) is 6. The zero-order valence-corrected chi connectivity index (χ0v) is 11.7. The minimum Gasteiger partial charge on any atom is -0.338 e. The average molecular weight is 273 g/mol. The first-order valence-electron chi connectivity index (χ1n) is 6.00. The molecule has 0 unspecified atom stereocenters. The van der Waals surface area contributed by atoms with Crippen LogP contribution in [0, 0.1) is 0 Å². The third kappa shape index (κ3) is 2.05. The van der Waals surface area contributed by atoms with Crippen LogP contribution in [0.3, 0.4) is 0 Å². The third-order valence-corrected chi connectivity index (χ3v) is 5.84. The van der Waals surface area contributed by atoms with E-state index in [0.29, 0.717) is 5.82 Å². The fraction of sp³-hybridized carbons (Fsp3) is 0.818. The van der Waals surface area contributed by atoms with Crippen LogP contribution in [0.5, 0.6) is 0 Å². The molecule has 1 aromatic rings. The molecule has 1 saturated carbocycles. The van der Waals surface area contributed by atoms with Crippen molar-refractivity contribution in [3.63, 3.8) is 0 Å². The van der Waals surface area contributed by atoms with E-state index in [9.17, 15) is 8.42 Å². The lowest BCUT2D eigenvalue weighted by atomic mass is 9.98. The van der Waals surface area contributed by atoms with Gasteiger partial charge in [-0.25, -0.2) is 8.42 Å². The van der Waals surface area contributed by atoms with Crippen molar-refractivity contribution >= 4 is 9.84 Å². The Morgan fingerprint density at radius 2 is 1.89 bits per heavy atom. The molecule has 0 saturated heterocycles. The van der Waals surface area contributed by atoms with Gasteiger partial charge in [-0.3, -0.25) is 0 Å². The summed E-state index contributed by atoms with van der Waals surface area (Å²) < 4.78 is 27.3. The van der Waals surface area contributed by atoms with E-state index >= 15 is 0 Å². The molecule has 1 aliphatic carbocycles. The van der Waals surface area contributed by atoms with Crippen LogP contribution in [0.25, 0.3) is 0 Å². The molecule has 1 aromatic heterocycles. The van der Waals surface area contributed by atoms with Gasteiger partial charge >= 0.3 is 0 Å². The SMILES string of the molecule is CC(C)(c1nc(C2(N)CCCC2)no1)S(C)(=O)=O. The summed E-state index contributed by atoms with van der Waals surface area (Å²) in [6.45, 7) is 3.11. The van der Waals surface area contributed by atoms with Crippen molar-refractivity contribution in [2.45, 2.75) is 49.8 Å². The van der Waals surface area contributed by atoms with E-state index in [0.717, 1.165) is 31.9 Å². The average Bonchev–Trinajstić information content (AvgIpc) is 2.84. The van der Waals surface area contributed by atoms with E-state index in [1.54, 1.807) is 13.8 Å². The van der Waals surface area contributed by atoms with Crippen LogP contribution in [-0.2, 0) is 20.1 Å². The van der Waals surface area contributed by atoms with E-state index in [4.69, 9.17) is 10.3 Å². The van der Waals surface area contributed by atoms with E-state index in [2.05, 4.69) is 10.1 Å². The molecule has 0 radical (unpaired) electrons. The summed E-state index contributed by atoms with van der Waals surface area (Å²) in [4.78, 5) is 4.22. The van der Waals surface area contributed by atoms with E-state index in [1.165, 1.54) is 0 Å². The van der Waals surface area contributed by atoms with Gasteiger partial charge in [0.05, 0.1) is 5.54 Å². The Balaban J connectivity index is 2.37. The first-order valence-corrected chi connectivity index (χ1v) is 7.89. The van der Waals surface area contributed by atoms with E-state index < -0.39 is 20.1 Å². The van der Waals surface area contributed by atoms with Gasteiger partial charge in [0, 0.05) is 6.26 Å². The fourth-order valence-corrected chi connectivity index (χ4v) is 2.46. The molecule has 0 aromatic carbocycles. The van der Waals surface area contributed by atoms with Gasteiger partial charge in [0.2, 0.25) is 5.89 Å². The lowest BCUT2D eigenvalue weighted by Crippen LogP contribution is -2.35. The van der Waals surface area contributed by atoms with Crippen LogP contribution in [0.2, 0.25) is 0 Å². The minimum atomic E-state index is -3.32. The minimum absolute atomic E-state index is 0.108. The first-order chi connectivity index (χ1) is 8.17. The van der Waals surface area contributed by atoms with Gasteiger partial charge in [-0.1, -0.05) is 18.0 Å². The maximum atomic E-state index is 11.7. The highest BCUT2D eigenvalue weighted by Gasteiger charge is 2.41. The Bertz CT molecular complexity index is 542. The van der Waals surface area contributed by atoms with E-state index in [-0.39, 0.29) is 5.89 Å². The first kappa shape index (κ1) is 13.5. The lowest BCUT2D eigenvalue weighted by molar-refractivity contribution is 0.329. The summed E-state index contributed by atoms with van der Waals surface area (Å²) >= 11 is 0. The number of nitrogens with two attached hydrogens (primary N) is 1. The summed E-state index contributed by atoms with van der Waals surface area (Å²) in [5.41, 5.74) is 5.65. The standard InChI is InChI=1S/C11H19N3O3S/c1-10(2,18(3,15)16)9-13-8(14-17-9)11(12)6-4-5-7-11/h4-7,12H2,1-3H3. The summed E-state index contributed by atoms with van der Waals surface area (Å²) in [5.74, 6) is 0.531. The van der Waals surface area contributed by atoms with Crippen LogP contribution in [0.4, 0.5) is 0 Å². The molecule has 18 heavy (non-hydrogen) atoms. The second kappa shape index (κ2) is 4.03. The van der Waals surface area contributed by atoms with Gasteiger partial charge in [0.1, 0.15) is 4.75 Å². The molecule has 1 fully saturated rings. The largest absolute Gasteiger partial charge is 0.338 e. The molecule has 0 bridgehead atoms. The molecule has 2 N–H and O–H groups in total. The summed E-state index contributed by atoms with van der Waals surface area (Å²) in [7, 11) is -3.32. The Morgan fingerprint density at radius 3 is 2.39 bits per heavy atom. The van der Waals surface area contributed by atoms with E-state index in [1.807, 2.05) is 0 Å². The predicted molar refractivity (Wildman–Crippen MR) is 66.5 cm³/mol. The van der Waals surface area contributed by atoms with Crippen molar-refractivity contribution in [2.24, 2.45) is 5.73 Å². The quantitative estimate of drug-likeness (QED) is 0.884. The number of hydrogen-bond donors (Lipinski definition) is 1. The molecule has 6 nitrogen and oxygen atoms in total. The van der Waals surface area contributed by atoms with Crippen molar-refractivity contribution < 1.29 is 12.9 Å². The van der Waals surface area contributed by atoms with Gasteiger partial charge in [-0.15, -0.1) is 0 Å². The number of sulfone groups is 1. The Labute approximate surface area is 107 Å². The lowest BCUT2D eigenvalue weighted by Gasteiger charge is -2.19. The van der Waals surface area contributed by atoms with Crippen molar-refractivity contribution in [3.8, 4) is 0 Å². The van der Waals surface area contributed by atoms with Gasteiger partial charge in [-0.2, -0.15) is 4.98 Å². The van der Waals surface area contributed by atoms with Crippen LogP contribution in [0.15, 0.2) is 4.52 Å². The van der Waals surface area contributed by atoms with Crippen molar-refractivity contribution in [1.82, 2.24) is 10.1 Å². The molecule has 0 atom stereocenters. The molecular formula is C11H19N3O3S.